The molecule has 7 nitrogen and oxygen atoms in total. The minimum absolute atomic E-state index is 0.174. The number of carbonyl (C=O) groups excluding carboxylic acids is 2. The number of nitrogens with zero attached hydrogens (tertiary/aromatic N) is 1. The molecule has 1 aromatic rings. The number of benzene rings is 1. The predicted molar refractivity (Wildman–Crippen MR) is 106 cm³/mol. The summed E-state index contributed by atoms with van der Waals surface area (Å²) in [5.74, 6) is 0.733. The number of urea groups is 1. The van der Waals surface area contributed by atoms with E-state index in [9.17, 15) is 9.59 Å². The number of methoxy groups -OCH3 is 2. The van der Waals surface area contributed by atoms with Crippen molar-refractivity contribution in [1.82, 2.24) is 10.6 Å². The quantitative estimate of drug-likeness (QED) is 0.739. The Morgan fingerprint density at radius 2 is 1.81 bits per heavy atom. The summed E-state index contributed by atoms with van der Waals surface area (Å²) >= 11 is 6.13. The molecule has 1 aromatic carbocycles. The maximum atomic E-state index is 12.2. The van der Waals surface area contributed by atoms with Gasteiger partial charge in [0, 0.05) is 38.2 Å². The molecule has 0 saturated heterocycles. The molecular weight excluding hydrogens is 370 g/mol. The molecule has 0 aromatic heterocycles. The maximum Gasteiger partial charge on any atom is 0.315 e. The SMILES string of the molecule is COc1cc(N(CCNC(=O)NC2CCCCC2)C(C)=O)c(OC)cc1Cl. The molecule has 0 aliphatic heterocycles. The lowest BCUT2D eigenvalue weighted by Gasteiger charge is -2.25. The second-order valence-corrected chi connectivity index (χ2v) is 6.97. The average molecular weight is 398 g/mol. The molecular formula is C19H28ClN3O4. The summed E-state index contributed by atoms with van der Waals surface area (Å²) in [7, 11) is 3.02. The van der Waals surface area contributed by atoms with Crippen LogP contribution >= 0.6 is 11.6 Å². The van der Waals surface area contributed by atoms with Gasteiger partial charge in [-0.15, -0.1) is 0 Å². The number of rotatable bonds is 7. The van der Waals surface area contributed by atoms with Crippen LogP contribution in [0.5, 0.6) is 11.5 Å². The molecule has 0 radical (unpaired) electrons. The Morgan fingerprint density at radius 3 is 2.41 bits per heavy atom. The highest BCUT2D eigenvalue weighted by molar-refractivity contribution is 6.32. The van der Waals surface area contributed by atoms with Crippen molar-refractivity contribution in [3.8, 4) is 11.5 Å². The number of anilines is 1. The van der Waals surface area contributed by atoms with Crippen LogP contribution in [0.2, 0.25) is 5.02 Å². The number of hydrogen-bond donors (Lipinski definition) is 2. The topological polar surface area (TPSA) is 79.9 Å². The number of halogens is 1. The third kappa shape index (κ3) is 5.92. The zero-order valence-corrected chi connectivity index (χ0v) is 16.9. The van der Waals surface area contributed by atoms with Gasteiger partial charge >= 0.3 is 6.03 Å². The summed E-state index contributed by atoms with van der Waals surface area (Å²) in [6.45, 7) is 2.07. The van der Waals surface area contributed by atoms with Crippen molar-refractivity contribution in [2.45, 2.75) is 45.1 Å². The Morgan fingerprint density at radius 1 is 1.15 bits per heavy atom. The van der Waals surface area contributed by atoms with Crippen LogP contribution in [0.25, 0.3) is 0 Å². The van der Waals surface area contributed by atoms with E-state index in [-0.39, 0.29) is 18.0 Å². The zero-order valence-electron chi connectivity index (χ0n) is 16.1. The minimum atomic E-state index is -0.203. The van der Waals surface area contributed by atoms with Crippen LogP contribution in [-0.4, -0.2) is 45.3 Å². The van der Waals surface area contributed by atoms with Gasteiger partial charge in [0.1, 0.15) is 11.5 Å². The Balaban J connectivity index is 1.99. The fourth-order valence-corrected chi connectivity index (χ4v) is 3.50. The fraction of sp³-hybridized carbons (Fsp3) is 0.579. The number of carbonyl (C=O) groups is 2. The van der Waals surface area contributed by atoms with Crippen molar-refractivity contribution in [3.63, 3.8) is 0 Å². The highest BCUT2D eigenvalue weighted by Gasteiger charge is 2.20. The molecule has 0 heterocycles. The van der Waals surface area contributed by atoms with Gasteiger partial charge in [-0.25, -0.2) is 4.79 Å². The molecule has 1 aliphatic rings. The summed E-state index contributed by atoms with van der Waals surface area (Å²) in [5, 5.41) is 6.21. The molecule has 8 heteroatoms. The number of amides is 3. The Hall–Kier alpha value is -2.15. The summed E-state index contributed by atoms with van der Waals surface area (Å²) in [4.78, 5) is 25.8. The molecule has 2 rings (SSSR count). The van der Waals surface area contributed by atoms with E-state index in [0.29, 0.717) is 35.3 Å². The summed E-state index contributed by atoms with van der Waals surface area (Å²) in [5.41, 5.74) is 0.542. The van der Waals surface area contributed by atoms with E-state index in [0.717, 1.165) is 25.7 Å². The van der Waals surface area contributed by atoms with Crippen molar-refractivity contribution in [3.05, 3.63) is 17.2 Å². The van der Waals surface area contributed by atoms with Crippen molar-refractivity contribution in [2.75, 3.05) is 32.2 Å². The van der Waals surface area contributed by atoms with Gasteiger partial charge in [0.2, 0.25) is 5.91 Å². The van der Waals surface area contributed by atoms with Crippen molar-refractivity contribution >= 4 is 29.2 Å². The van der Waals surface area contributed by atoms with E-state index in [1.807, 2.05) is 0 Å². The van der Waals surface area contributed by atoms with Crippen LogP contribution in [-0.2, 0) is 4.79 Å². The molecule has 3 amide bonds. The van der Waals surface area contributed by atoms with E-state index in [4.69, 9.17) is 21.1 Å². The van der Waals surface area contributed by atoms with Gasteiger partial charge in [0.15, 0.2) is 0 Å². The van der Waals surface area contributed by atoms with Crippen LogP contribution < -0.4 is 25.0 Å². The molecule has 0 bridgehead atoms. The third-order valence-electron chi connectivity index (χ3n) is 4.69. The Bertz CT molecular complexity index is 663. The zero-order chi connectivity index (χ0) is 19.8. The molecule has 0 spiro atoms. The first kappa shape index (κ1) is 21.2. The standard InChI is InChI=1S/C19H28ClN3O4/c1-13(24)23(16-12-17(26-2)15(20)11-18(16)27-3)10-9-21-19(25)22-14-7-5-4-6-8-14/h11-12,14H,4-10H2,1-3H3,(H2,21,22,25). The van der Waals surface area contributed by atoms with Gasteiger partial charge in [0.05, 0.1) is 24.9 Å². The van der Waals surface area contributed by atoms with Crippen molar-refractivity contribution in [1.29, 1.82) is 0 Å². The second-order valence-electron chi connectivity index (χ2n) is 6.56. The third-order valence-corrected chi connectivity index (χ3v) is 4.98. The lowest BCUT2D eigenvalue weighted by atomic mass is 9.96. The summed E-state index contributed by atoms with van der Waals surface area (Å²) in [6.07, 6.45) is 5.59. The number of hydrogen-bond acceptors (Lipinski definition) is 4. The van der Waals surface area contributed by atoms with Crippen LogP contribution in [0.3, 0.4) is 0 Å². The van der Waals surface area contributed by atoms with E-state index in [2.05, 4.69) is 10.6 Å². The van der Waals surface area contributed by atoms with Gasteiger partial charge < -0.3 is 25.0 Å². The lowest BCUT2D eigenvalue weighted by molar-refractivity contribution is -0.116. The minimum Gasteiger partial charge on any atom is -0.495 e. The number of nitrogens with one attached hydrogen (secondary N) is 2. The fourth-order valence-electron chi connectivity index (χ4n) is 3.27. The highest BCUT2D eigenvalue weighted by Crippen LogP contribution is 2.38. The lowest BCUT2D eigenvalue weighted by Crippen LogP contribution is -2.45. The van der Waals surface area contributed by atoms with Gasteiger partial charge in [-0.05, 0) is 12.8 Å². The van der Waals surface area contributed by atoms with Crippen LogP contribution in [0.4, 0.5) is 10.5 Å². The molecule has 2 N–H and O–H groups in total. The van der Waals surface area contributed by atoms with Crippen LogP contribution in [0.1, 0.15) is 39.0 Å². The predicted octanol–water partition coefficient (Wildman–Crippen LogP) is 3.34. The number of ether oxygens (including phenoxy) is 2. The summed E-state index contributed by atoms with van der Waals surface area (Å²) < 4.78 is 10.6. The second kappa shape index (κ2) is 10.3. The molecule has 1 saturated carbocycles. The Labute approximate surface area is 165 Å². The first-order valence-corrected chi connectivity index (χ1v) is 9.58. The monoisotopic (exact) mass is 397 g/mol. The molecule has 0 unspecified atom stereocenters. The summed E-state index contributed by atoms with van der Waals surface area (Å²) in [6, 6.07) is 3.30. The van der Waals surface area contributed by atoms with Crippen molar-refractivity contribution < 1.29 is 19.1 Å². The molecule has 27 heavy (non-hydrogen) atoms. The largest absolute Gasteiger partial charge is 0.495 e. The van der Waals surface area contributed by atoms with Gasteiger partial charge in [-0.2, -0.15) is 0 Å². The van der Waals surface area contributed by atoms with E-state index in [1.54, 1.807) is 12.1 Å². The average Bonchev–Trinajstić information content (AvgIpc) is 2.65. The molecule has 0 atom stereocenters. The van der Waals surface area contributed by atoms with E-state index >= 15 is 0 Å². The van der Waals surface area contributed by atoms with Crippen LogP contribution in [0.15, 0.2) is 12.1 Å². The van der Waals surface area contributed by atoms with Gasteiger partial charge in [-0.3, -0.25) is 4.79 Å². The van der Waals surface area contributed by atoms with E-state index < -0.39 is 0 Å². The highest BCUT2D eigenvalue weighted by atomic mass is 35.5. The molecule has 1 aliphatic carbocycles. The van der Waals surface area contributed by atoms with Crippen LogP contribution in [0, 0.1) is 0 Å². The first-order valence-electron chi connectivity index (χ1n) is 9.20. The normalized spacial score (nSPS) is 14.4. The molecule has 150 valence electrons. The smallest absolute Gasteiger partial charge is 0.315 e. The first-order chi connectivity index (χ1) is 13.0. The van der Waals surface area contributed by atoms with Crippen molar-refractivity contribution in [2.24, 2.45) is 0 Å². The molecule has 1 fully saturated rings. The van der Waals surface area contributed by atoms with Gasteiger partial charge in [0.25, 0.3) is 0 Å². The maximum absolute atomic E-state index is 12.2. The Kier molecular flexibility index (Phi) is 8.03. The van der Waals surface area contributed by atoms with Gasteiger partial charge in [-0.1, -0.05) is 30.9 Å². The van der Waals surface area contributed by atoms with E-state index in [1.165, 1.54) is 32.5 Å².